The quantitative estimate of drug-likeness (QED) is 0.858. The summed E-state index contributed by atoms with van der Waals surface area (Å²) in [5, 5.41) is 0. The second-order valence-corrected chi connectivity index (χ2v) is 5.83. The molecule has 1 heterocycles. The molecule has 1 saturated heterocycles. The van der Waals surface area contributed by atoms with E-state index in [0.717, 1.165) is 13.0 Å². The summed E-state index contributed by atoms with van der Waals surface area (Å²) < 4.78 is 0. The first-order valence-electron chi connectivity index (χ1n) is 6.55. The zero-order valence-electron chi connectivity index (χ0n) is 12.6. The zero-order valence-corrected chi connectivity index (χ0v) is 14.3. The summed E-state index contributed by atoms with van der Waals surface area (Å²) in [6.45, 7) is 7.84. The Hall–Kier alpha value is -0.0300. The number of nitrogens with two attached hydrogens (primary N) is 1. The van der Waals surface area contributed by atoms with E-state index in [1.54, 1.807) is 0 Å². The van der Waals surface area contributed by atoms with Crippen LogP contribution in [0.5, 0.6) is 0 Å². The molecule has 0 aromatic heterocycles. The first-order valence-corrected chi connectivity index (χ1v) is 6.55. The van der Waals surface area contributed by atoms with Crippen LogP contribution in [0, 0.1) is 11.8 Å². The topological polar surface area (TPSA) is 49.6 Å². The van der Waals surface area contributed by atoms with E-state index in [4.69, 9.17) is 5.73 Å². The van der Waals surface area contributed by atoms with Crippen LogP contribution in [0.4, 0.5) is 0 Å². The van der Waals surface area contributed by atoms with Gasteiger partial charge in [0.2, 0.25) is 5.91 Å². The van der Waals surface area contributed by atoms with Crippen molar-refractivity contribution in [3.63, 3.8) is 0 Å². The molecule has 0 spiro atoms. The van der Waals surface area contributed by atoms with Crippen LogP contribution in [0.1, 0.15) is 27.2 Å². The molecule has 2 N–H and O–H groups in total. The molecule has 0 saturated carbocycles. The second kappa shape index (κ2) is 9.01. The molecule has 0 radical (unpaired) electrons. The lowest BCUT2D eigenvalue weighted by Crippen LogP contribution is -2.49. The molecule has 1 aliphatic rings. The number of hydrogen-bond acceptors (Lipinski definition) is 3. The second-order valence-electron chi connectivity index (χ2n) is 5.83. The van der Waals surface area contributed by atoms with E-state index in [0.29, 0.717) is 24.4 Å². The molecule has 0 aromatic rings. The average molecular weight is 314 g/mol. The van der Waals surface area contributed by atoms with Crippen LogP contribution in [-0.4, -0.2) is 55.0 Å². The van der Waals surface area contributed by atoms with Crippen molar-refractivity contribution in [3.8, 4) is 0 Å². The van der Waals surface area contributed by atoms with Crippen molar-refractivity contribution < 1.29 is 4.79 Å². The van der Waals surface area contributed by atoms with E-state index in [1.807, 2.05) is 23.9 Å². The number of likely N-dealkylation sites (N-methyl/N-ethyl adjacent to an activating group) is 1. The van der Waals surface area contributed by atoms with Crippen LogP contribution in [-0.2, 0) is 4.79 Å². The van der Waals surface area contributed by atoms with Crippen LogP contribution in [0.15, 0.2) is 0 Å². The van der Waals surface area contributed by atoms with Crippen molar-refractivity contribution in [1.29, 1.82) is 0 Å². The summed E-state index contributed by atoms with van der Waals surface area (Å²) in [4.78, 5) is 16.6. The van der Waals surface area contributed by atoms with Gasteiger partial charge in [0.25, 0.3) is 0 Å². The molecule has 1 fully saturated rings. The fraction of sp³-hybridized carbons (Fsp3) is 0.923. The predicted molar refractivity (Wildman–Crippen MR) is 85.1 cm³/mol. The first kappa shape index (κ1) is 21.3. The highest BCUT2D eigenvalue weighted by Gasteiger charge is 2.36. The summed E-state index contributed by atoms with van der Waals surface area (Å²) in [7, 11) is 3.95. The van der Waals surface area contributed by atoms with E-state index < -0.39 is 0 Å². The van der Waals surface area contributed by atoms with Gasteiger partial charge in [-0.3, -0.25) is 9.69 Å². The molecule has 1 amide bonds. The molecule has 0 bridgehead atoms. The monoisotopic (exact) mass is 313 g/mol. The van der Waals surface area contributed by atoms with Crippen molar-refractivity contribution in [2.75, 3.05) is 27.2 Å². The van der Waals surface area contributed by atoms with Crippen molar-refractivity contribution >= 4 is 30.7 Å². The molecule has 4 nitrogen and oxygen atoms in total. The van der Waals surface area contributed by atoms with Gasteiger partial charge >= 0.3 is 0 Å². The van der Waals surface area contributed by atoms with Crippen molar-refractivity contribution in [3.05, 3.63) is 0 Å². The van der Waals surface area contributed by atoms with Crippen LogP contribution in [0.3, 0.4) is 0 Å². The lowest BCUT2D eigenvalue weighted by atomic mass is 10.0. The minimum absolute atomic E-state index is 0. The Morgan fingerprint density at radius 2 is 1.89 bits per heavy atom. The number of halogens is 2. The lowest BCUT2D eigenvalue weighted by molar-refractivity contribution is -0.138. The first-order chi connectivity index (χ1) is 7.88. The average Bonchev–Trinajstić information content (AvgIpc) is 2.58. The number of amides is 1. The number of rotatable bonds is 4. The summed E-state index contributed by atoms with van der Waals surface area (Å²) >= 11 is 0. The number of carbonyl (C=O) groups excluding carboxylic acids is 1. The Morgan fingerprint density at radius 1 is 1.37 bits per heavy atom. The van der Waals surface area contributed by atoms with E-state index in [9.17, 15) is 4.79 Å². The fourth-order valence-electron chi connectivity index (χ4n) is 2.89. The Morgan fingerprint density at radius 3 is 2.21 bits per heavy atom. The van der Waals surface area contributed by atoms with Gasteiger partial charge in [-0.25, -0.2) is 0 Å². The van der Waals surface area contributed by atoms with E-state index in [2.05, 4.69) is 20.8 Å². The van der Waals surface area contributed by atoms with Gasteiger partial charge in [-0.1, -0.05) is 13.8 Å². The van der Waals surface area contributed by atoms with Gasteiger partial charge in [0.1, 0.15) is 0 Å². The minimum Gasteiger partial charge on any atom is -0.338 e. The van der Waals surface area contributed by atoms with E-state index >= 15 is 0 Å². The molecular weight excluding hydrogens is 285 g/mol. The highest BCUT2D eigenvalue weighted by atomic mass is 35.5. The maximum absolute atomic E-state index is 12.5. The summed E-state index contributed by atoms with van der Waals surface area (Å²) in [6.07, 6.45) is 1.04. The highest BCUT2D eigenvalue weighted by Crippen LogP contribution is 2.24. The molecule has 0 aromatic carbocycles. The van der Waals surface area contributed by atoms with Gasteiger partial charge in [0.05, 0.1) is 6.04 Å². The van der Waals surface area contributed by atoms with Gasteiger partial charge in [-0.2, -0.15) is 0 Å². The Balaban J connectivity index is 0. The van der Waals surface area contributed by atoms with E-state index in [1.165, 1.54) is 0 Å². The van der Waals surface area contributed by atoms with Crippen LogP contribution in [0.2, 0.25) is 0 Å². The van der Waals surface area contributed by atoms with Crippen LogP contribution < -0.4 is 5.73 Å². The third-order valence-corrected chi connectivity index (χ3v) is 3.72. The van der Waals surface area contributed by atoms with Gasteiger partial charge in [0, 0.05) is 12.6 Å². The summed E-state index contributed by atoms with van der Waals surface area (Å²) in [5.74, 6) is 1.07. The van der Waals surface area contributed by atoms with Gasteiger partial charge in [-0.05, 0) is 45.8 Å². The van der Waals surface area contributed by atoms with Gasteiger partial charge < -0.3 is 10.6 Å². The summed E-state index contributed by atoms with van der Waals surface area (Å²) in [5.41, 5.74) is 5.71. The molecule has 0 aliphatic carbocycles. The van der Waals surface area contributed by atoms with Crippen molar-refractivity contribution in [1.82, 2.24) is 9.80 Å². The van der Waals surface area contributed by atoms with E-state index in [-0.39, 0.29) is 36.8 Å². The molecule has 3 atom stereocenters. The molecule has 116 valence electrons. The highest BCUT2D eigenvalue weighted by molar-refractivity contribution is 5.85. The van der Waals surface area contributed by atoms with Crippen molar-refractivity contribution in [2.45, 2.75) is 39.3 Å². The maximum Gasteiger partial charge on any atom is 0.240 e. The number of likely N-dealkylation sites (tertiary alicyclic amines) is 1. The largest absolute Gasteiger partial charge is 0.338 e. The maximum atomic E-state index is 12.5. The molecule has 19 heavy (non-hydrogen) atoms. The van der Waals surface area contributed by atoms with Crippen LogP contribution >= 0.6 is 24.8 Å². The smallest absolute Gasteiger partial charge is 0.240 e. The number of nitrogens with zero attached hydrogens (tertiary/aromatic N) is 2. The number of carbonyl (C=O) groups is 1. The molecule has 1 aliphatic heterocycles. The lowest BCUT2D eigenvalue weighted by Gasteiger charge is -2.33. The minimum atomic E-state index is -0.0195. The Labute approximate surface area is 129 Å². The Kier molecular flexibility index (Phi) is 10.1. The van der Waals surface area contributed by atoms with Gasteiger partial charge in [0.15, 0.2) is 0 Å². The van der Waals surface area contributed by atoms with Crippen molar-refractivity contribution in [2.24, 2.45) is 17.6 Å². The zero-order chi connectivity index (χ0) is 13.2. The standard InChI is InChI=1S/C13H27N3O.2ClH/c1-9(2)12(15(4)5)13(17)16-8-11(7-14)6-10(16)3;;/h9-12H,6-8,14H2,1-5H3;2*1H. The third kappa shape index (κ3) is 5.10. The SMILES string of the molecule is CC(C)C(C(=O)N1CC(CN)CC1C)N(C)C.Cl.Cl. The van der Waals surface area contributed by atoms with Gasteiger partial charge in [-0.15, -0.1) is 24.8 Å². The predicted octanol–water partition coefficient (Wildman–Crippen LogP) is 1.61. The normalized spacial score (nSPS) is 24.1. The Bertz CT molecular complexity index is 267. The van der Waals surface area contributed by atoms with Crippen LogP contribution in [0.25, 0.3) is 0 Å². The fourth-order valence-corrected chi connectivity index (χ4v) is 2.89. The number of hydrogen-bond donors (Lipinski definition) is 1. The molecular formula is C13H29Cl2N3O. The third-order valence-electron chi connectivity index (χ3n) is 3.72. The molecule has 1 rings (SSSR count). The summed E-state index contributed by atoms with van der Waals surface area (Å²) in [6, 6.07) is 0.311. The molecule has 6 heteroatoms. The molecule has 3 unspecified atom stereocenters.